The van der Waals surface area contributed by atoms with Gasteiger partial charge in [-0.1, -0.05) is 0 Å². The number of esters is 1. The maximum atomic E-state index is 11.5. The van der Waals surface area contributed by atoms with Crippen molar-refractivity contribution in [2.75, 3.05) is 14.2 Å². The number of ether oxygens (including phenoxy) is 2. The Morgan fingerprint density at radius 1 is 1.37 bits per heavy atom. The number of phenols is 1. The van der Waals surface area contributed by atoms with Crippen LogP contribution in [-0.4, -0.2) is 42.4 Å². The third kappa shape index (κ3) is 3.35. The molecule has 1 rings (SSSR count). The highest BCUT2D eigenvalue weighted by Crippen LogP contribution is 2.29. The van der Waals surface area contributed by atoms with Gasteiger partial charge in [0.05, 0.1) is 14.2 Å². The van der Waals surface area contributed by atoms with E-state index >= 15 is 0 Å². The molecule has 104 valence electrons. The van der Waals surface area contributed by atoms with Gasteiger partial charge >= 0.3 is 11.9 Å². The van der Waals surface area contributed by atoms with E-state index in [0.29, 0.717) is 0 Å². The van der Waals surface area contributed by atoms with Crippen LogP contribution in [0.3, 0.4) is 0 Å². The van der Waals surface area contributed by atoms with Crippen molar-refractivity contribution in [1.29, 1.82) is 0 Å². The molecule has 0 amide bonds. The van der Waals surface area contributed by atoms with Gasteiger partial charge in [0.15, 0.2) is 0 Å². The Kier molecular flexibility index (Phi) is 4.71. The summed E-state index contributed by atoms with van der Waals surface area (Å²) in [5, 5.41) is 18.5. The Hall–Kier alpha value is -2.28. The summed E-state index contributed by atoms with van der Waals surface area (Å²) < 4.78 is 9.53. The number of carboxylic acid groups (broad SMARTS) is 1. The summed E-state index contributed by atoms with van der Waals surface area (Å²) >= 11 is 0. The van der Waals surface area contributed by atoms with Crippen LogP contribution in [0.2, 0.25) is 0 Å². The van der Waals surface area contributed by atoms with Gasteiger partial charge in [0.2, 0.25) is 0 Å². The summed E-state index contributed by atoms with van der Waals surface area (Å²) in [4.78, 5) is 22.2. The minimum absolute atomic E-state index is 0.0930. The molecule has 4 N–H and O–H groups in total. The van der Waals surface area contributed by atoms with E-state index in [1.54, 1.807) is 0 Å². The number of carbonyl (C=O) groups excluding carboxylic acids is 1. The Morgan fingerprint density at radius 2 is 2.00 bits per heavy atom. The number of aromatic hydroxyl groups is 1. The number of carbonyl (C=O) groups is 2. The van der Waals surface area contributed by atoms with E-state index in [-0.39, 0.29) is 29.0 Å². The topological polar surface area (TPSA) is 119 Å². The van der Waals surface area contributed by atoms with Crippen molar-refractivity contribution in [3.8, 4) is 11.5 Å². The quantitative estimate of drug-likeness (QED) is 0.650. The SMILES string of the molecule is COC(=O)c1cc(CC(N)C(=O)O)c(O)cc1OC. The second-order valence-corrected chi connectivity index (χ2v) is 3.82. The Morgan fingerprint density at radius 3 is 2.47 bits per heavy atom. The predicted molar refractivity (Wildman–Crippen MR) is 65.3 cm³/mol. The first kappa shape index (κ1) is 14.8. The van der Waals surface area contributed by atoms with Gasteiger partial charge in [-0.05, 0) is 11.6 Å². The number of phenolic OH excluding ortho intramolecular Hbond substituents is 1. The van der Waals surface area contributed by atoms with Gasteiger partial charge in [0.1, 0.15) is 23.1 Å². The fraction of sp³-hybridized carbons (Fsp3) is 0.333. The Bertz CT molecular complexity index is 499. The first-order valence-electron chi connectivity index (χ1n) is 5.37. The first-order chi connectivity index (χ1) is 8.90. The number of methoxy groups -OCH3 is 2. The lowest BCUT2D eigenvalue weighted by atomic mass is 10.0. The van der Waals surface area contributed by atoms with Crippen LogP contribution in [0.25, 0.3) is 0 Å². The summed E-state index contributed by atoms with van der Waals surface area (Å²) in [5.74, 6) is -1.91. The van der Waals surface area contributed by atoms with Crippen LogP contribution in [-0.2, 0) is 16.0 Å². The van der Waals surface area contributed by atoms with Crippen LogP contribution in [0.1, 0.15) is 15.9 Å². The van der Waals surface area contributed by atoms with Gasteiger partial charge < -0.3 is 25.4 Å². The molecule has 1 unspecified atom stereocenters. The van der Waals surface area contributed by atoms with E-state index in [9.17, 15) is 14.7 Å². The molecule has 0 heterocycles. The lowest BCUT2D eigenvalue weighted by Gasteiger charge is -2.13. The fourth-order valence-electron chi connectivity index (χ4n) is 1.54. The van der Waals surface area contributed by atoms with Crippen LogP contribution < -0.4 is 10.5 Å². The summed E-state index contributed by atoms with van der Waals surface area (Å²) in [6, 6.07) is 1.35. The average Bonchev–Trinajstić information content (AvgIpc) is 2.39. The van der Waals surface area contributed by atoms with E-state index < -0.39 is 18.0 Å². The van der Waals surface area contributed by atoms with E-state index in [0.717, 1.165) is 0 Å². The number of carboxylic acids is 1. The predicted octanol–water partition coefficient (Wildman–Crippen LogP) is 0.142. The second-order valence-electron chi connectivity index (χ2n) is 3.82. The molecule has 19 heavy (non-hydrogen) atoms. The van der Waals surface area contributed by atoms with Gasteiger partial charge in [-0.15, -0.1) is 0 Å². The zero-order chi connectivity index (χ0) is 14.6. The van der Waals surface area contributed by atoms with Crippen LogP contribution >= 0.6 is 0 Å². The molecule has 7 nitrogen and oxygen atoms in total. The summed E-state index contributed by atoms with van der Waals surface area (Å²) in [7, 11) is 2.54. The van der Waals surface area contributed by atoms with Crippen LogP contribution in [0, 0.1) is 0 Å². The maximum absolute atomic E-state index is 11.5. The number of aliphatic carboxylic acids is 1. The minimum Gasteiger partial charge on any atom is -0.508 e. The first-order valence-corrected chi connectivity index (χ1v) is 5.37. The number of hydrogen-bond donors (Lipinski definition) is 3. The molecule has 7 heteroatoms. The summed E-state index contributed by atoms with van der Waals surface area (Å²) in [5.41, 5.74) is 5.71. The van der Waals surface area contributed by atoms with Gasteiger partial charge in [-0.3, -0.25) is 4.79 Å². The van der Waals surface area contributed by atoms with Gasteiger partial charge in [0, 0.05) is 12.5 Å². The average molecular weight is 269 g/mol. The van der Waals surface area contributed by atoms with Gasteiger partial charge in [0.25, 0.3) is 0 Å². The molecule has 0 aromatic heterocycles. The molecule has 0 saturated carbocycles. The van der Waals surface area contributed by atoms with Crippen molar-refractivity contribution < 1.29 is 29.3 Å². The molecule has 0 bridgehead atoms. The highest BCUT2D eigenvalue weighted by molar-refractivity contribution is 5.93. The van der Waals surface area contributed by atoms with Crippen molar-refractivity contribution in [3.05, 3.63) is 23.3 Å². The van der Waals surface area contributed by atoms with E-state index in [2.05, 4.69) is 4.74 Å². The lowest BCUT2D eigenvalue weighted by Crippen LogP contribution is -2.32. The number of benzene rings is 1. The van der Waals surface area contributed by atoms with E-state index in [1.807, 2.05) is 0 Å². The Labute approximate surface area is 109 Å². The van der Waals surface area contributed by atoms with E-state index in [1.165, 1.54) is 26.4 Å². The third-order valence-corrected chi connectivity index (χ3v) is 2.56. The number of nitrogens with two attached hydrogens (primary N) is 1. The molecule has 0 fully saturated rings. The van der Waals surface area contributed by atoms with Crippen molar-refractivity contribution >= 4 is 11.9 Å². The smallest absolute Gasteiger partial charge is 0.341 e. The molecule has 1 aromatic carbocycles. The highest BCUT2D eigenvalue weighted by Gasteiger charge is 2.20. The molecule has 0 aliphatic carbocycles. The Balaban J connectivity index is 3.19. The highest BCUT2D eigenvalue weighted by atomic mass is 16.5. The van der Waals surface area contributed by atoms with Crippen molar-refractivity contribution in [1.82, 2.24) is 0 Å². The normalized spacial score (nSPS) is 11.7. The third-order valence-electron chi connectivity index (χ3n) is 2.56. The van der Waals surface area contributed by atoms with E-state index in [4.69, 9.17) is 15.6 Å². The molecule has 0 aliphatic rings. The fourth-order valence-corrected chi connectivity index (χ4v) is 1.54. The largest absolute Gasteiger partial charge is 0.508 e. The molecule has 0 radical (unpaired) electrons. The van der Waals surface area contributed by atoms with Crippen molar-refractivity contribution in [2.24, 2.45) is 5.73 Å². The molecule has 0 aliphatic heterocycles. The second kappa shape index (κ2) is 6.05. The number of rotatable bonds is 5. The van der Waals surface area contributed by atoms with Crippen molar-refractivity contribution in [2.45, 2.75) is 12.5 Å². The van der Waals surface area contributed by atoms with Crippen LogP contribution in [0.4, 0.5) is 0 Å². The van der Waals surface area contributed by atoms with Gasteiger partial charge in [-0.25, -0.2) is 4.79 Å². The van der Waals surface area contributed by atoms with Crippen LogP contribution in [0.5, 0.6) is 11.5 Å². The molecular weight excluding hydrogens is 254 g/mol. The van der Waals surface area contributed by atoms with Crippen LogP contribution in [0.15, 0.2) is 12.1 Å². The zero-order valence-electron chi connectivity index (χ0n) is 10.5. The summed E-state index contributed by atoms with van der Waals surface area (Å²) in [6.45, 7) is 0. The zero-order valence-corrected chi connectivity index (χ0v) is 10.5. The molecule has 0 spiro atoms. The molecular formula is C12H15NO6. The lowest BCUT2D eigenvalue weighted by molar-refractivity contribution is -0.138. The standard InChI is InChI=1S/C12H15NO6/c1-18-10-5-9(14)6(4-8(13)11(15)16)3-7(10)12(17)19-2/h3,5,8,14H,4,13H2,1-2H3,(H,15,16). The molecule has 0 saturated heterocycles. The molecule has 1 aromatic rings. The molecule has 1 atom stereocenters. The summed E-state index contributed by atoms with van der Waals surface area (Å²) in [6.07, 6.45) is -0.116. The van der Waals surface area contributed by atoms with Crippen molar-refractivity contribution in [3.63, 3.8) is 0 Å². The monoisotopic (exact) mass is 269 g/mol. The van der Waals surface area contributed by atoms with Gasteiger partial charge in [-0.2, -0.15) is 0 Å². The number of hydrogen-bond acceptors (Lipinski definition) is 6. The minimum atomic E-state index is -1.20. The maximum Gasteiger partial charge on any atom is 0.341 e.